The maximum absolute atomic E-state index is 11.8. The highest BCUT2D eigenvalue weighted by atomic mass is 16.5. The molecule has 1 aromatic rings. The second-order valence-corrected chi connectivity index (χ2v) is 5.54. The third-order valence-corrected chi connectivity index (χ3v) is 4.10. The summed E-state index contributed by atoms with van der Waals surface area (Å²) in [5.41, 5.74) is 7.96. The van der Waals surface area contributed by atoms with Gasteiger partial charge in [-0.25, -0.2) is 0 Å². The first kappa shape index (κ1) is 15.8. The fraction of sp³-hybridized carbons (Fsp3) is 0.562. The minimum Gasteiger partial charge on any atom is -0.496 e. The second kappa shape index (κ2) is 7.43. The Bertz CT molecular complexity index is 490. The average molecular weight is 291 g/mol. The minimum atomic E-state index is 0.0902. The Morgan fingerprint density at radius 1 is 1.52 bits per heavy atom. The molecule has 1 aliphatic heterocycles. The number of amides is 1. The topological polar surface area (TPSA) is 67.6 Å². The number of nitrogens with one attached hydrogen (secondary N) is 1. The van der Waals surface area contributed by atoms with Crippen LogP contribution in [0.3, 0.4) is 0 Å². The predicted molar refractivity (Wildman–Crippen MR) is 83.0 cm³/mol. The lowest BCUT2D eigenvalue weighted by Crippen LogP contribution is -2.41. The van der Waals surface area contributed by atoms with Gasteiger partial charge >= 0.3 is 0 Å². The number of carbonyl (C=O) groups is 1. The van der Waals surface area contributed by atoms with Crippen LogP contribution in [0.5, 0.6) is 5.75 Å². The van der Waals surface area contributed by atoms with Gasteiger partial charge in [-0.15, -0.1) is 0 Å². The Hall–Kier alpha value is -1.59. The van der Waals surface area contributed by atoms with E-state index in [0.29, 0.717) is 6.54 Å². The first-order chi connectivity index (χ1) is 10.2. The molecular formula is C16H25N3O2. The first-order valence-corrected chi connectivity index (χ1v) is 7.47. The van der Waals surface area contributed by atoms with Crippen molar-refractivity contribution in [3.05, 3.63) is 29.3 Å². The fourth-order valence-corrected chi connectivity index (χ4v) is 2.94. The summed E-state index contributed by atoms with van der Waals surface area (Å²) in [7, 11) is 3.39. The van der Waals surface area contributed by atoms with Crippen LogP contribution in [0.4, 0.5) is 0 Å². The molecule has 0 spiro atoms. The molecule has 0 aromatic heterocycles. The highest BCUT2D eigenvalue weighted by Crippen LogP contribution is 2.24. The van der Waals surface area contributed by atoms with Gasteiger partial charge in [0.25, 0.3) is 0 Å². The van der Waals surface area contributed by atoms with Crippen molar-refractivity contribution >= 4 is 5.91 Å². The molecule has 0 aliphatic carbocycles. The summed E-state index contributed by atoms with van der Waals surface area (Å²) in [4.78, 5) is 14.1. The standard InChI is InChI=1S/C16H25N3O2/c1-18-16(20)13-4-3-7-19(10-13)11-14-8-12(9-17)5-6-15(14)21-2/h5-6,8,13H,3-4,7,9-11,17H2,1-2H3,(H,18,20). The molecule has 5 nitrogen and oxygen atoms in total. The maximum Gasteiger partial charge on any atom is 0.224 e. The van der Waals surface area contributed by atoms with Gasteiger partial charge in [0.15, 0.2) is 0 Å². The van der Waals surface area contributed by atoms with Crippen molar-refractivity contribution < 1.29 is 9.53 Å². The van der Waals surface area contributed by atoms with Crippen molar-refractivity contribution in [2.24, 2.45) is 11.7 Å². The number of nitrogens with zero attached hydrogens (tertiary/aromatic N) is 1. The van der Waals surface area contributed by atoms with Crippen LogP contribution in [0.1, 0.15) is 24.0 Å². The molecule has 21 heavy (non-hydrogen) atoms. The van der Waals surface area contributed by atoms with Gasteiger partial charge < -0.3 is 15.8 Å². The summed E-state index contributed by atoms with van der Waals surface area (Å²) < 4.78 is 5.44. The number of rotatable bonds is 5. The van der Waals surface area contributed by atoms with Gasteiger partial charge in [-0.1, -0.05) is 6.07 Å². The molecule has 0 saturated carbocycles. The Morgan fingerprint density at radius 3 is 3.00 bits per heavy atom. The monoisotopic (exact) mass is 291 g/mol. The van der Waals surface area contributed by atoms with Crippen LogP contribution < -0.4 is 15.8 Å². The van der Waals surface area contributed by atoms with Crippen LogP contribution >= 0.6 is 0 Å². The van der Waals surface area contributed by atoms with Gasteiger partial charge in [0.2, 0.25) is 5.91 Å². The molecule has 1 heterocycles. The summed E-state index contributed by atoms with van der Waals surface area (Å²) in [6, 6.07) is 6.06. The van der Waals surface area contributed by atoms with Gasteiger partial charge in [0.1, 0.15) is 5.75 Å². The fourth-order valence-electron chi connectivity index (χ4n) is 2.94. The molecule has 1 saturated heterocycles. The van der Waals surface area contributed by atoms with Gasteiger partial charge in [0, 0.05) is 32.2 Å². The molecule has 1 unspecified atom stereocenters. The van der Waals surface area contributed by atoms with E-state index in [2.05, 4.69) is 16.3 Å². The number of hydrogen-bond donors (Lipinski definition) is 2. The largest absolute Gasteiger partial charge is 0.496 e. The zero-order valence-corrected chi connectivity index (χ0v) is 12.9. The Balaban J connectivity index is 2.08. The third-order valence-electron chi connectivity index (χ3n) is 4.10. The zero-order valence-electron chi connectivity index (χ0n) is 12.9. The van der Waals surface area contributed by atoms with E-state index in [4.69, 9.17) is 10.5 Å². The normalized spacial score (nSPS) is 19.3. The Labute approximate surface area is 126 Å². The van der Waals surface area contributed by atoms with Gasteiger partial charge in [-0.3, -0.25) is 9.69 Å². The van der Waals surface area contributed by atoms with Crippen LogP contribution in [0, 0.1) is 5.92 Å². The quantitative estimate of drug-likeness (QED) is 0.853. The highest BCUT2D eigenvalue weighted by Gasteiger charge is 2.25. The Morgan fingerprint density at radius 2 is 2.33 bits per heavy atom. The smallest absolute Gasteiger partial charge is 0.224 e. The molecule has 0 bridgehead atoms. The number of benzene rings is 1. The number of nitrogens with two attached hydrogens (primary N) is 1. The number of ether oxygens (including phenoxy) is 1. The SMILES string of the molecule is CNC(=O)C1CCCN(Cc2cc(CN)ccc2OC)C1. The molecule has 1 fully saturated rings. The molecule has 116 valence electrons. The molecule has 0 radical (unpaired) electrons. The molecular weight excluding hydrogens is 266 g/mol. The minimum absolute atomic E-state index is 0.0902. The van der Waals surface area contributed by atoms with E-state index in [1.165, 1.54) is 0 Å². The van der Waals surface area contributed by atoms with E-state index in [9.17, 15) is 4.79 Å². The second-order valence-electron chi connectivity index (χ2n) is 5.54. The third kappa shape index (κ3) is 3.95. The molecule has 1 atom stereocenters. The number of hydrogen-bond acceptors (Lipinski definition) is 4. The zero-order chi connectivity index (χ0) is 15.2. The molecule has 1 amide bonds. The highest BCUT2D eigenvalue weighted by molar-refractivity contribution is 5.78. The molecule has 2 rings (SSSR count). The summed E-state index contributed by atoms with van der Waals surface area (Å²) in [6.45, 7) is 3.14. The van der Waals surface area contributed by atoms with Crippen molar-refractivity contribution in [3.8, 4) is 5.75 Å². The van der Waals surface area contributed by atoms with E-state index in [0.717, 1.165) is 49.4 Å². The lowest BCUT2D eigenvalue weighted by atomic mass is 9.96. The number of piperidine rings is 1. The number of carbonyl (C=O) groups excluding carboxylic acids is 1. The van der Waals surface area contributed by atoms with E-state index in [-0.39, 0.29) is 11.8 Å². The van der Waals surface area contributed by atoms with Crippen molar-refractivity contribution in [3.63, 3.8) is 0 Å². The molecule has 1 aromatic carbocycles. The van der Waals surface area contributed by atoms with Gasteiger partial charge in [0.05, 0.1) is 13.0 Å². The lowest BCUT2D eigenvalue weighted by molar-refractivity contribution is -0.126. The summed E-state index contributed by atoms with van der Waals surface area (Å²) in [6.07, 6.45) is 2.02. The summed E-state index contributed by atoms with van der Waals surface area (Å²) in [5.74, 6) is 1.11. The van der Waals surface area contributed by atoms with Crippen molar-refractivity contribution in [1.29, 1.82) is 0 Å². The molecule has 5 heteroatoms. The van der Waals surface area contributed by atoms with Gasteiger partial charge in [-0.2, -0.15) is 0 Å². The van der Waals surface area contributed by atoms with Crippen LogP contribution in [0.15, 0.2) is 18.2 Å². The predicted octanol–water partition coefficient (Wildman–Crippen LogP) is 1.11. The van der Waals surface area contributed by atoms with Crippen molar-refractivity contribution in [2.45, 2.75) is 25.9 Å². The lowest BCUT2D eigenvalue weighted by Gasteiger charge is -2.32. The number of methoxy groups -OCH3 is 1. The first-order valence-electron chi connectivity index (χ1n) is 7.47. The maximum atomic E-state index is 11.8. The molecule has 3 N–H and O–H groups in total. The van der Waals surface area contributed by atoms with Gasteiger partial charge in [-0.05, 0) is 37.1 Å². The summed E-state index contributed by atoms with van der Waals surface area (Å²) in [5, 5.41) is 2.75. The average Bonchev–Trinajstić information content (AvgIpc) is 2.54. The van der Waals surface area contributed by atoms with Crippen LogP contribution in [-0.2, 0) is 17.9 Å². The van der Waals surface area contributed by atoms with Crippen molar-refractivity contribution in [1.82, 2.24) is 10.2 Å². The van der Waals surface area contributed by atoms with Crippen LogP contribution in [0.25, 0.3) is 0 Å². The van der Waals surface area contributed by atoms with E-state index < -0.39 is 0 Å². The van der Waals surface area contributed by atoms with Crippen molar-refractivity contribution in [2.75, 3.05) is 27.2 Å². The van der Waals surface area contributed by atoms with E-state index in [1.54, 1.807) is 14.2 Å². The molecule has 1 aliphatic rings. The Kier molecular flexibility index (Phi) is 5.59. The van der Waals surface area contributed by atoms with Crippen LogP contribution in [-0.4, -0.2) is 38.1 Å². The summed E-state index contributed by atoms with van der Waals surface area (Å²) >= 11 is 0. The van der Waals surface area contributed by atoms with Crippen LogP contribution in [0.2, 0.25) is 0 Å². The van der Waals surface area contributed by atoms with E-state index >= 15 is 0 Å². The number of likely N-dealkylation sites (tertiary alicyclic amines) is 1. The van der Waals surface area contributed by atoms with E-state index in [1.807, 2.05) is 12.1 Å².